The highest BCUT2D eigenvalue weighted by atomic mass is 79.9. The standard InChI is InChI=1S/C13H16BrN3/c1-16-6-4-12(5-7-16)17-13-8-11(14)3-2-10(13)9-15-17/h2-3,8-9,12H,4-7H2,1H3. The van der Waals surface area contributed by atoms with Gasteiger partial charge in [0.05, 0.1) is 17.8 Å². The van der Waals surface area contributed by atoms with E-state index in [0.717, 1.165) is 4.47 Å². The van der Waals surface area contributed by atoms with Crippen LogP contribution in [0.25, 0.3) is 10.9 Å². The molecule has 3 nitrogen and oxygen atoms in total. The molecule has 3 rings (SSSR count). The van der Waals surface area contributed by atoms with Gasteiger partial charge in [-0.15, -0.1) is 0 Å². The van der Waals surface area contributed by atoms with E-state index in [4.69, 9.17) is 0 Å². The number of nitrogens with zero attached hydrogens (tertiary/aromatic N) is 3. The number of hydrogen-bond donors (Lipinski definition) is 0. The van der Waals surface area contributed by atoms with Gasteiger partial charge in [0.25, 0.3) is 0 Å². The molecule has 1 aromatic heterocycles. The van der Waals surface area contributed by atoms with E-state index in [0.29, 0.717) is 6.04 Å². The van der Waals surface area contributed by atoms with Crippen molar-refractivity contribution in [3.8, 4) is 0 Å². The van der Waals surface area contributed by atoms with Crippen LogP contribution >= 0.6 is 15.9 Å². The van der Waals surface area contributed by atoms with Gasteiger partial charge in [0.15, 0.2) is 0 Å². The minimum Gasteiger partial charge on any atom is -0.306 e. The Hall–Kier alpha value is -0.870. The van der Waals surface area contributed by atoms with Crippen LogP contribution in [0.2, 0.25) is 0 Å². The van der Waals surface area contributed by atoms with Crippen molar-refractivity contribution in [1.29, 1.82) is 0 Å². The Bertz CT molecular complexity index is 526. The Kier molecular flexibility index (Phi) is 2.92. The van der Waals surface area contributed by atoms with Crippen LogP contribution in [0.3, 0.4) is 0 Å². The third kappa shape index (κ3) is 2.11. The van der Waals surface area contributed by atoms with Crippen molar-refractivity contribution < 1.29 is 0 Å². The molecule has 0 spiro atoms. The predicted molar refractivity (Wildman–Crippen MR) is 73.2 cm³/mol. The van der Waals surface area contributed by atoms with Gasteiger partial charge in [0, 0.05) is 9.86 Å². The molecule has 1 fully saturated rings. The van der Waals surface area contributed by atoms with Gasteiger partial charge >= 0.3 is 0 Å². The van der Waals surface area contributed by atoms with Gasteiger partial charge in [-0.05, 0) is 45.1 Å². The van der Waals surface area contributed by atoms with Gasteiger partial charge in [-0.1, -0.05) is 22.0 Å². The summed E-state index contributed by atoms with van der Waals surface area (Å²) in [6.07, 6.45) is 4.36. The van der Waals surface area contributed by atoms with Crippen molar-refractivity contribution in [2.24, 2.45) is 0 Å². The highest BCUT2D eigenvalue weighted by Crippen LogP contribution is 2.27. The van der Waals surface area contributed by atoms with E-state index < -0.39 is 0 Å². The number of benzene rings is 1. The van der Waals surface area contributed by atoms with Crippen LogP contribution in [0.4, 0.5) is 0 Å². The maximum atomic E-state index is 4.56. The van der Waals surface area contributed by atoms with Gasteiger partial charge in [-0.3, -0.25) is 4.68 Å². The number of likely N-dealkylation sites (tertiary alicyclic amines) is 1. The van der Waals surface area contributed by atoms with Gasteiger partial charge in [0.1, 0.15) is 0 Å². The first-order valence-corrected chi connectivity index (χ1v) is 6.84. The number of hydrogen-bond acceptors (Lipinski definition) is 2. The van der Waals surface area contributed by atoms with Crippen molar-refractivity contribution in [3.63, 3.8) is 0 Å². The maximum absolute atomic E-state index is 4.56. The van der Waals surface area contributed by atoms with Crippen LogP contribution in [-0.4, -0.2) is 34.8 Å². The molecule has 4 heteroatoms. The zero-order chi connectivity index (χ0) is 11.8. The van der Waals surface area contributed by atoms with Crippen LogP contribution in [-0.2, 0) is 0 Å². The molecule has 0 bridgehead atoms. The lowest BCUT2D eigenvalue weighted by Crippen LogP contribution is -2.31. The van der Waals surface area contributed by atoms with E-state index in [1.54, 1.807) is 0 Å². The fourth-order valence-electron chi connectivity index (χ4n) is 2.54. The second kappa shape index (κ2) is 4.42. The Morgan fingerprint density at radius 1 is 1.29 bits per heavy atom. The Labute approximate surface area is 110 Å². The molecule has 17 heavy (non-hydrogen) atoms. The van der Waals surface area contributed by atoms with E-state index in [2.05, 4.69) is 55.9 Å². The molecule has 2 aromatic rings. The summed E-state index contributed by atoms with van der Waals surface area (Å²) in [5, 5.41) is 5.79. The number of aromatic nitrogens is 2. The Morgan fingerprint density at radius 2 is 2.06 bits per heavy atom. The summed E-state index contributed by atoms with van der Waals surface area (Å²) in [6.45, 7) is 2.33. The molecular formula is C13H16BrN3. The highest BCUT2D eigenvalue weighted by Gasteiger charge is 2.20. The van der Waals surface area contributed by atoms with Crippen LogP contribution in [0.5, 0.6) is 0 Å². The number of fused-ring (bicyclic) bond motifs is 1. The topological polar surface area (TPSA) is 21.1 Å². The molecule has 0 amide bonds. The summed E-state index contributed by atoms with van der Waals surface area (Å²) >= 11 is 3.54. The molecule has 2 heterocycles. The van der Waals surface area contributed by atoms with Crippen molar-refractivity contribution in [2.75, 3.05) is 20.1 Å². The third-order valence-corrected chi connectivity index (χ3v) is 4.09. The summed E-state index contributed by atoms with van der Waals surface area (Å²) in [5.74, 6) is 0. The lowest BCUT2D eigenvalue weighted by molar-refractivity contribution is 0.215. The quantitative estimate of drug-likeness (QED) is 0.806. The van der Waals surface area contributed by atoms with E-state index >= 15 is 0 Å². The second-order valence-corrected chi connectivity index (χ2v) is 5.74. The minimum atomic E-state index is 0.554. The first-order chi connectivity index (χ1) is 8.24. The molecule has 1 aliphatic rings. The molecule has 90 valence electrons. The van der Waals surface area contributed by atoms with E-state index in [9.17, 15) is 0 Å². The number of piperidine rings is 1. The van der Waals surface area contributed by atoms with Crippen LogP contribution in [0.1, 0.15) is 18.9 Å². The van der Waals surface area contributed by atoms with Crippen molar-refractivity contribution >= 4 is 26.8 Å². The smallest absolute Gasteiger partial charge is 0.0696 e. The van der Waals surface area contributed by atoms with Crippen molar-refractivity contribution in [2.45, 2.75) is 18.9 Å². The van der Waals surface area contributed by atoms with E-state index in [-0.39, 0.29) is 0 Å². The largest absolute Gasteiger partial charge is 0.306 e. The minimum absolute atomic E-state index is 0.554. The van der Waals surface area contributed by atoms with Gasteiger partial charge in [0.2, 0.25) is 0 Å². The molecular weight excluding hydrogens is 278 g/mol. The van der Waals surface area contributed by atoms with Crippen molar-refractivity contribution in [1.82, 2.24) is 14.7 Å². The number of halogens is 1. The molecule has 0 atom stereocenters. The van der Waals surface area contributed by atoms with Crippen LogP contribution in [0.15, 0.2) is 28.9 Å². The van der Waals surface area contributed by atoms with Gasteiger partial charge in [-0.25, -0.2) is 0 Å². The Balaban J connectivity index is 1.97. The molecule has 1 saturated heterocycles. The maximum Gasteiger partial charge on any atom is 0.0696 e. The molecule has 0 radical (unpaired) electrons. The Morgan fingerprint density at radius 3 is 2.82 bits per heavy atom. The molecule has 0 unspecified atom stereocenters. The van der Waals surface area contributed by atoms with Crippen LogP contribution in [0, 0.1) is 0 Å². The predicted octanol–water partition coefficient (Wildman–Crippen LogP) is 3.07. The summed E-state index contributed by atoms with van der Waals surface area (Å²) in [7, 11) is 2.19. The molecule has 1 aliphatic heterocycles. The monoisotopic (exact) mass is 293 g/mol. The molecule has 0 aliphatic carbocycles. The van der Waals surface area contributed by atoms with E-state index in [1.165, 1.54) is 36.8 Å². The van der Waals surface area contributed by atoms with E-state index in [1.807, 2.05) is 6.20 Å². The van der Waals surface area contributed by atoms with Gasteiger partial charge < -0.3 is 4.90 Å². The third-order valence-electron chi connectivity index (χ3n) is 3.59. The summed E-state index contributed by atoms with van der Waals surface area (Å²) in [5.41, 5.74) is 1.24. The molecule has 0 N–H and O–H groups in total. The first-order valence-electron chi connectivity index (χ1n) is 6.05. The summed E-state index contributed by atoms with van der Waals surface area (Å²) in [6, 6.07) is 6.92. The average molecular weight is 294 g/mol. The lowest BCUT2D eigenvalue weighted by Gasteiger charge is -2.29. The SMILES string of the molecule is CN1CCC(n2ncc3ccc(Br)cc32)CC1. The molecule has 0 saturated carbocycles. The fraction of sp³-hybridized carbons (Fsp3) is 0.462. The summed E-state index contributed by atoms with van der Waals surface area (Å²) < 4.78 is 3.33. The van der Waals surface area contributed by atoms with Gasteiger partial charge in [-0.2, -0.15) is 5.10 Å². The highest BCUT2D eigenvalue weighted by molar-refractivity contribution is 9.10. The fourth-order valence-corrected chi connectivity index (χ4v) is 2.89. The second-order valence-electron chi connectivity index (χ2n) is 4.83. The zero-order valence-electron chi connectivity index (χ0n) is 9.93. The number of rotatable bonds is 1. The zero-order valence-corrected chi connectivity index (χ0v) is 11.5. The first kappa shape index (κ1) is 11.2. The van der Waals surface area contributed by atoms with Crippen LogP contribution < -0.4 is 0 Å². The average Bonchev–Trinajstić information content (AvgIpc) is 2.73. The van der Waals surface area contributed by atoms with Crippen molar-refractivity contribution in [3.05, 3.63) is 28.9 Å². The summed E-state index contributed by atoms with van der Waals surface area (Å²) in [4.78, 5) is 2.39. The molecule has 1 aromatic carbocycles. The normalized spacial score (nSPS) is 18.9. The lowest BCUT2D eigenvalue weighted by atomic mass is 10.1.